The maximum Gasteiger partial charge on any atom is 0.239 e. The summed E-state index contributed by atoms with van der Waals surface area (Å²) in [5.74, 6) is 0.113. The molecule has 2 N–H and O–H groups in total. The normalized spacial score (nSPS) is 25.2. The fourth-order valence-corrected chi connectivity index (χ4v) is 1.49. The highest BCUT2D eigenvalue weighted by molar-refractivity contribution is 5.84. The molecule has 0 aliphatic carbocycles. The zero-order valence-electron chi connectivity index (χ0n) is 8.13. The lowest BCUT2D eigenvalue weighted by atomic mass is 10.00. The molecular weight excluding hydrogens is 152 g/mol. The lowest BCUT2D eigenvalue weighted by Crippen LogP contribution is -2.47. The summed E-state index contributed by atoms with van der Waals surface area (Å²) in [6.07, 6.45) is 1.79. The van der Waals surface area contributed by atoms with Gasteiger partial charge in [0.2, 0.25) is 5.91 Å². The van der Waals surface area contributed by atoms with E-state index in [4.69, 9.17) is 5.73 Å². The molecule has 1 fully saturated rings. The van der Waals surface area contributed by atoms with Gasteiger partial charge in [-0.25, -0.2) is 0 Å². The van der Waals surface area contributed by atoms with Crippen molar-refractivity contribution in [2.45, 2.75) is 45.2 Å². The average Bonchev–Trinajstić information content (AvgIpc) is 2.33. The Kier molecular flexibility index (Phi) is 2.42. The summed E-state index contributed by atoms with van der Waals surface area (Å²) < 4.78 is 0. The van der Waals surface area contributed by atoms with Crippen LogP contribution in [0.2, 0.25) is 0 Å². The van der Waals surface area contributed by atoms with Crippen molar-refractivity contribution in [3.63, 3.8) is 0 Å². The highest BCUT2D eigenvalue weighted by atomic mass is 16.2. The first-order valence-corrected chi connectivity index (χ1v) is 4.56. The van der Waals surface area contributed by atoms with Crippen LogP contribution in [0.4, 0.5) is 0 Å². The first kappa shape index (κ1) is 9.52. The van der Waals surface area contributed by atoms with Crippen LogP contribution in [-0.2, 0) is 4.79 Å². The third-order valence-corrected chi connectivity index (χ3v) is 2.84. The fourth-order valence-electron chi connectivity index (χ4n) is 1.49. The van der Waals surface area contributed by atoms with Gasteiger partial charge in [-0.3, -0.25) is 4.79 Å². The lowest BCUT2D eigenvalue weighted by molar-refractivity contribution is -0.133. The number of nitrogens with zero attached hydrogens (tertiary/aromatic N) is 1. The van der Waals surface area contributed by atoms with Gasteiger partial charge in [0.05, 0.1) is 6.04 Å². The van der Waals surface area contributed by atoms with Gasteiger partial charge in [-0.2, -0.15) is 0 Å². The molecule has 1 saturated heterocycles. The number of carbonyl (C=O) groups excluding carboxylic acids is 1. The minimum atomic E-state index is -0.254. The molecule has 1 rings (SSSR count). The summed E-state index contributed by atoms with van der Waals surface area (Å²) in [7, 11) is 0. The predicted molar refractivity (Wildman–Crippen MR) is 48.7 cm³/mol. The van der Waals surface area contributed by atoms with Gasteiger partial charge in [-0.05, 0) is 26.7 Å². The van der Waals surface area contributed by atoms with Gasteiger partial charge >= 0.3 is 0 Å². The molecule has 0 spiro atoms. The van der Waals surface area contributed by atoms with Crippen molar-refractivity contribution in [3.8, 4) is 0 Å². The third-order valence-electron chi connectivity index (χ3n) is 2.84. The summed E-state index contributed by atoms with van der Waals surface area (Å²) in [4.78, 5) is 13.4. The van der Waals surface area contributed by atoms with E-state index in [1.165, 1.54) is 0 Å². The number of carbonyl (C=O) groups is 1. The van der Waals surface area contributed by atoms with Crippen LogP contribution in [0.1, 0.15) is 33.6 Å². The molecule has 0 saturated carbocycles. The molecule has 1 aliphatic heterocycles. The Balaban J connectivity index is 2.71. The molecule has 1 atom stereocenters. The van der Waals surface area contributed by atoms with Crippen molar-refractivity contribution in [3.05, 3.63) is 0 Å². The second kappa shape index (κ2) is 3.05. The highest BCUT2D eigenvalue weighted by Crippen LogP contribution is 2.24. The van der Waals surface area contributed by atoms with Gasteiger partial charge in [0.15, 0.2) is 0 Å². The van der Waals surface area contributed by atoms with Gasteiger partial charge in [0.1, 0.15) is 0 Å². The molecule has 70 valence electrons. The Morgan fingerprint density at radius 2 is 2.25 bits per heavy atom. The lowest BCUT2D eigenvalue weighted by Gasteiger charge is -2.34. The maximum atomic E-state index is 11.5. The summed E-state index contributed by atoms with van der Waals surface area (Å²) in [5.41, 5.74) is 5.61. The van der Waals surface area contributed by atoms with Crippen LogP contribution in [0.5, 0.6) is 0 Å². The van der Waals surface area contributed by atoms with E-state index in [0.29, 0.717) is 0 Å². The summed E-state index contributed by atoms with van der Waals surface area (Å²) in [6, 6.07) is -0.254. The van der Waals surface area contributed by atoms with Crippen LogP contribution >= 0.6 is 0 Å². The first-order valence-electron chi connectivity index (χ1n) is 4.56. The van der Waals surface area contributed by atoms with Gasteiger partial charge in [-0.15, -0.1) is 0 Å². The molecule has 0 radical (unpaired) electrons. The fraction of sp³-hybridized carbons (Fsp3) is 0.889. The first-order chi connectivity index (χ1) is 5.49. The molecule has 12 heavy (non-hydrogen) atoms. The highest BCUT2D eigenvalue weighted by Gasteiger charge is 2.36. The summed E-state index contributed by atoms with van der Waals surface area (Å²) in [5, 5.41) is 0. The summed E-state index contributed by atoms with van der Waals surface area (Å²) in [6.45, 7) is 7.09. The second-order valence-corrected chi connectivity index (χ2v) is 4.05. The standard InChI is InChI=1S/C9H18N2O/c1-4-9(2,3)11-6-5-7(10)8(11)12/h7H,4-6,10H2,1-3H3. The number of nitrogens with two attached hydrogens (primary N) is 1. The number of hydrogen-bond donors (Lipinski definition) is 1. The number of amides is 1. The Morgan fingerprint density at radius 3 is 2.58 bits per heavy atom. The molecule has 3 heteroatoms. The smallest absolute Gasteiger partial charge is 0.239 e. The molecule has 0 aromatic carbocycles. The van der Waals surface area contributed by atoms with Crippen molar-refractivity contribution in [2.75, 3.05) is 6.54 Å². The third kappa shape index (κ3) is 1.46. The molecule has 0 bridgehead atoms. The number of rotatable bonds is 2. The van der Waals surface area contributed by atoms with E-state index in [-0.39, 0.29) is 17.5 Å². The SMILES string of the molecule is CCC(C)(C)N1CCC(N)C1=O. The molecule has 1 unspecified atom stereocenters. The molecule has 1 amide bonds. The van der Waals surface area contributed by atoms with Gasteiger partial charge in [-0.1, -0.05) is 6.92 Å². The van der Waals surface area contributed by atoms with Crippen LogP contribution in [0.3, 0.4) is 0 Å². The van der Waals surface area contributed by atoms with Gasteiger partial charge in [0.25, 0.3) is 0 Å². The van der Waals surface area contributed by atoms with E-state index in [1.54, 1.807) is 0 Å². The second-order valence-electron chi connectivity index (χ2n) is 4.05. The van der Waals surface area contributed by atoms with E-state index >= 15 is 0 Å². The predicted octanol–water partition coefficient (Wildman–Crippen LogP) is 0.735. The number of hydrogen-bond acceptors (Lipinski definition) is 2. The van der Waals surface area contributed by atoms with E-state index in [0.717, 1.165) is 19.4 Å². The monoisotopic (exact) mass is 170 g/mol. The van der Waals surface area contributed by atoms with Crippen LogP contribution in [-0.4, -0.2) is 28.9 Å². The van der Waals surface area contributed by atoms with Gasteiger partial charge < -0.3 is 10.6 Å². The van der Waals surface area contributed by atoms with Crippen molar-refractivity contribution in [2.24, 2.45) is 5.73 Å². The van der Waals surface area contributed by atoms with Crippen molar-refractivity contribution < 1.29 is 4.79 Å². The van der Waals surface area contributed by atoms with Crippen LogP contribution < -0.4 is 5.73 Å². The molecule has 1 aliphatic rings. The zero-order chi connectivity index (χ0) is 9.35. The van der Waals surface area contributed by atoms with Crippen LogP contribution in [0, 0.1) is 0 Å². The van der Waals surface area contributed by atoms with E-state index in [2.05, 4.69) is 20.8 Å². The minimum absolute atomic E-state index is 0.0226. The Labute approximate surface area is 73.9 Å². The van der Waals surface area contributed by atoms with E-state index in [1.807, 2.05) is 4.90 Å². The van der Waals surface area contributed by atoms with Crippen molar-refractivity contribution >= 4 is 5.91 Å². The molecule has 1 heterocycles. The Bertz CT molecular complexity index is 189. The number of likely N-dealkylation sites (tertiary alicyclic amines) is 1. The van der Waals surface area contributed by atoms with Crippen LogP contribution in [0.25, 0.3) is 0 Å². The molecule has 0 aromatic rings. The molecular formula is C9H18N2O. The molecule has 0 aromatic heterocycles. The zero-order valence-corrected chi connectivity index (χ0v) is 8.13. The average molecular weight is 170 g/mol. The van der Waals surface area contributed by atoms with E-state index < -0.39 is 0 Å². The summed E-state index contributed by atoms with van der Waals surface area (Å²) >= 11 is 0. The van der Waals surface area contributed by atoms with Crippen molar-refractivity contribution in [1.29, 1.82) is 0 Å². The largest absolute Gasteiger partial charge is 0.336 e. The quantitative estimate of drug-likeness (QED) is 0.664. The maximum absolute atomic E-state index is 11.5. The topological polar surface area (TPSA) is 46.3 Å². The minimum Gasteiger partial charge on any atom is -0.336 e. The Morgan fingerprint density at radius 1 is 1.67 bits per heavy atom. The van der Waals surface area contributed by atoms with Gasteiger partial charge in [0, 0.05) is 12.1 Å². The van der Waals surface area contributed by atoms with E-state index in [9.17, 15) is 4.79 Å². The van der Waals surface area contributed by atoms with Crippen LogP contribution in [0.15, 0.2) is 0 Å². The van der Waals surface area contributed by atoms with Crippen molar-refractivity contribution in [1.82, 2.24) is 4.90 Å². The Hall–Kier alpha value is -0.570. The molecule has 3 nitrogen and oxygen atoms in total.